The van der Waals surface area contributed by atoms with Crippen LogP contribution in [0.3, 0.4) is 0 Å². The molecule has 0 bridgehead atoms. The van der Waals surface area contributed by atoms with Gasteiger partial charge in [-0.15, -0.1) is 0 Å². The molecule has 0 aliphatic carbocycles. The van der Waals surface area contributed by atoms with Gasteiger partial charge in [0, 0.05) is 12.0 Å². The number of furan rings is 1. The van der Waals surface area contributed by atoms with Crippen LogP contribution < -0.4 is 0 Å². The highest BCUT2D eigenvalue weighted by molar-refractivity contribution is 5.71. The van der Waals surface area contributed by atoms with Crippen LogP contribution in [0.5, 0.6) is 0 Å². The summed E-state index contributed by atoms with van der Waals surface area (Å²) in [6.07, 6.45) is 11.2. The molecule has 3 unspecified atom stereocenters. The normalized spacial score (nSPS) is 15.7. The standard InChI is InChI=1S/C24H36O5/c1-17(2)7-5-8-18(3)9-6-10-19(4)11-12-21(24(27)28)23(26)15-22(25)20-13-14-29-16-20/h7,9,11,13-14,16,21-23,25-26H,5-6,8,10,12,15H2,1-4H3,(H,27,28)/b18-9+,19-11+. The van der Waals surface area contributed by atoms with E-state index in [1.807, 2.05) is 13.0 Å². The summed E-state index contributed by atoms with van der Waals surface area (Å²) in [5.74, 6) is -2.01. The van der Waals surface area contributed by atoms with Crippen LogP contribution >= 0.6 is 0 Å². The first-order chi connectivity index (χ1) is 13.7. The Morgan fingerprint density at radius 1 is 1.03 bits per heavy atom. The van der Waals surface area contributed by atoms with Crippen molar-refractivity contribution in [3.8, 4) is 0 Å². The lowest BCUT2D eigenvalue weighted by molar-refractivity contribution is -0.146. The maximum atomic E-state index is 11.6. The van der Waals surface area contributed by atoms with E-state index < -0.39 is 24.1 Å². The molecule has 1 aromatic rings. The van der Waals surface area contributed by atoms with Crippen molar-refractivity contribution in [3.05, 3.63) is 59.1 Å². The summed E-state index contributed by atoms with van der Waals surface area (Å²) in [6.45, 7) is 8.33. The third-order valence-electron chi connectivity index (χ3n) is 5.02. The molecule has 0 aliphatic heterocycles. The Hall–Kier alpha value is -2.11. The van der Waals surface area contributed by atoms with Crippen molar-refractivity contribution in [2.24, 2.45) is 5.92 Å². The van der Waals surface area contributed by atoms with Gasteiger partial charge in [0.1, 0.15) is 0 Å². The number of aliphatic hydroxyl groups is 2. The summed E-state index contributed by atoms with van der Waals surface area (Å²) in [5.41, 5.74) is 4.34. The molecule has 5 heteroatoms. The van der Waals surface area contributed by atoms with E-state index in [2.05, 4.69) is 32.9 Å². The summed E-state index contributed by atoms with van der Waals surface area (Å²) >= 11 is 0. The predicted molar refractivity (Wildman–Crippen MR) is 115 cm³/mol. The second-order valence-electron chi connectivity index (χ2n) is 8.02. The van der Waals surface area contributed by atoms with Crippen molar-refractivity contribution in [2.45, 2.75) is 78.4 Å². The van der Waals surface area contributed by atoms with Gasteiger partial charge in [0.25, 0.3) is 0 Å². The Morgan fingerprint density at radius 3 is 2.21 bits per heavy atom. The van der Waals surface area contributed by atoms with Crippen LogP contribution in [0.2, 0.25) is 0 Å². The molecule has 0 spiro atoms. The zero-order chi connectivity index (χ0) is 21.8. The summed E-state index contributed by atoms with van der Waals surface area (Å²) in [5, 5.41) is 29.9. The molecular formula is C24H36O5. The van der Waals surface area contributed by atoms with Gasteiger partial charge < -0.3 is 19.7 Å². The smallest absolute Gasteiger partial charge is 0.309 e. The molecule has 0 amide bonds. The molecular weight excluding hydrogens is 368 g/mol. The second-order valence-corrected chi connectivity index (χ2v) is 8.02. The molecule has 1 aromatic heterocycles. The summed E-state index contributed by atoms with van der Waals surface area (Å²) in [4.78, 5) is 11.6. The number of aliphatic carboxylic acids is 1. The van der Waals surface area contributed by atoms with Crippen molar-refractivity contribution in [3.63, 3.8) is 0 Å². The molecule has 0 fully saturated rings. The van der Waals surface area contributed by atoms with Crippen LogP contribution in [0.25, 0.3) is 0 Å². The fourth-order valence-corrected chi connectivity index (χ4v) is 3.08. The molecule has 162 valence electrons. The zero-order valence-corrected chi connectivity index (χ0v) is 18.1. The van der Waals surface area contributed by atoms with Crippen LogP contribution in [0.15, 0.2) is 58.0 Å². The van der Waals surface area contributed by atoms with Gasteiger partial charge in [-0.3, -0.25) is 4.79 Å². The average molecular weight is 405 g/mol. The van der Waals surface area contributed by atoms with Gasteiger partial charge in [-0.25, -0.2) is 0 Å². The number of aliphatic hydroxyl groups excluding tert-OH is 2. The highest BCUT2D eigenvalue weighted by Gasteiger charge is 2.28. The molecule has 1 rings (SSSR count). The van der Waals surface area contributed by atoms with Gasteiger partial charge in [0.2, 0.25) is 0 Å². The van der Waals surface area contributed by atoms with Crippen molar-refractivity contribution in [1.29, 1.82) is 0 Å². The Bertz CT molecular complexity index is 693. The van der Waals surface area contributed by atoms with Crippen LogP contribution in [0.1, 0.15) is 77.9 Å². The Kier molecular flexibility index (Phi) is 11.3. The molecule has 0 aromatic carbocycles. The van der Waals surface area contributed by atoms with Gasteiger partial charge in [-0.1, -0.05) is 34.9 Å². The number of allylic oxidation sites excluding steroid dienone is 6. The maximum absolute atomic E-state index is 11.6. The van der Waals surface area contributed by atoms with Crippen LogP contribution in [-0.4, -0.2) is 27.4 Å². The van der Waals surface area contributed by atoms with E-state index in [-0.39, 0.29) is 12.8 Å². The van der Waals surface area contributed by atoms with Gasteiger partial charge in [-0.05, 0) is 65.9 Å². The number of rotatable bonds is 13. The second kappa shape index (κ2) is 13.2. The van der Waals surface area contributed by atoms with Crippen molar-refractivity contribution < 1.29 is 24.5 Å². The Balaban J connectivity index is 2.50. The topological polar surface area (TPSA) is 90.9 Å². The summed E-state index contributed by atoms with van der Waals surface area (Å²) in [6, 6.07) is 1.60. The molecule has 3 atom stereocenters. The average Bonchev–Trinajstić information content (AvgIpc) is 3.16. The van der Waals surface area contributed by atoms with E-state index in [0.29, 0.717) is 5.56 Å². The minimum Gasteiger partial charge on any atom is -0.481 e. The van der Waals surface area contributed by atoms with Crippen molar-refractivity contribution in [1.82, 2.24) is 0 Å². The Labute approximate surface area is 174 Å². The maximum Gasteiger partial charge on any atom is 0.309 e. The number of carboxylic acids is 1. The van der Waals surface area contributed by atoms with E-state index in [1.54, 1.807) is 6.07 Å². The number of carboxylic acid groups (broad SMARTS) is 1. The minimum absolute atomic E-state index is 0.0446. The lowest BCUT2D eigenvalue weighted by Gasteiger charge is -2.20. The van der Waals surface area contributed by atoms with Crippen LogP contribution in [-0.2, 0) is 4.79 Å². The zero-order valence-electron chi connectivity index (χ0n) is 18.1. The third kappa shape index (κ3) is 10.3. The molecule has 29 heavy (non-hydrogen) atoms. The fourth-order valence-electron chi connectivity index (χ4n) is 3.08. The molecule has 0 radical (unpaired) electrons. The first kappa shape index (κ1) is 24.9. The molecule has 0 saturated heterocycles. The van der Waals surface area contributed by atoms with Crippen molar-refractivity contribution >= 4 is 5.97 Å². The van der Waals surface area contributed by atoms with Gasteiger partial charge in [-0.2, -0.15) is 0 Å². The van der Waals surface area contributed by atoms with E-state index in [4.69, 9.17) is 4.42 Å². The minimum atomic E-state index is -1.14. The number of hydrogen-bond acceptors (Lipinski definition) is 4. The van der Waals surface area contributed by atoms with Gasteiger partial charge in [0.15, 0.2) is 0 Å². The predicted octanol–water partition coefficient (Wildman–Crippen LogP) is 5.57. The van der Waals surface area contributed by atoms with E-state index in [1.165, 1.54) is 23.7 Å². The monoisotopic (exact) mass is 404 g/mol. The van der Waals surface area contributed by atoms with Gasteiger partial charge in [0.05, 0.1) is 30.7 Å². The van der Waals surface area contributed by atoms with E-state index >= 15 is 0 Å². The van der Waals surface area contributed by atoms with Gasteiger partial charge >= 0.3 is 5.97 Å². The first-order valence-corrected chi connectivity index (χ1v) is 10.3. The first-order valence-electron chi connectivity index (χ1n) is 10.3. The summed E-state index contributed by atoms with van der Waals surface area (Å²) in [7, 11) is 0. The number of carbonyl (C=O) groups is 1. The molecule has 1 heterocycles. The highest BCUT2D eigenvalue weighted by atomic mass is 16.4. The Morgan fingerprint density at radius 2 is 1.66 bits per heavy atom. The lowest BCUT2D eigenvalue weighted by Crippen LogP contribution is -2.29. The quantitative estimate of drug-likeness (QED) is 0.374. The largest absolute Gasteiger partial charge is 0.481 e. The molecule has 3 N–H and O–H groups in total. The van der Waals surface area contributed by atoms with E-state index in [9.17, 15) is 20.1 Å². The van der Waals surface area contributed by atoms with Crippen LogP contribution in [0, 0.1) is 5.92 Å². The lowest BCUT2D eigenvalue weighted by atomic mass is 9.91. The summed E-state index contributed by atoms with van der Waals surface area (Å²) < 4.78 is 4.92. The molecule has 0 aliphatic rings. The highest BCUT2D eigenvalue weighted by Crippen LogP contribution is 2.24. The molecule has 0 saturated carbocycles. The SMILES string of the molecule is CC(C)=CCC/C(C)=C/CC/C(C)=C/CC(C(=O)O)C(O)CC(O)c1ccoc1. The van der Waals surface area contributed by atoms with Crippen LogP contribution in [0.4, 0.5) is 0 Å². The fraction of sp³-hybridized carbons (Fsp3) is 0.542. The van der Waals surface area contributed by atoms with Crippen molar-refractivity contribution in [2.75, 3.05) is 0 Å². The molecule has 5 nitrogen and oxygen atoms in total. The third-order valence-corrected chi connectivity index (χ3v) is 5.02. The van der Waals surface area contributed by atoms with E-state index in [0.717, 1.165) is 31.3 Å². The number of hydrogen-bond donors (Lipinski definition) is 3.